The summed E-state index contributed by atoms with van der Waals surface area (Å²) < 4.78 is 4.79. The van der Waals surface area contributed by atoms with Gasteiger partial charge in [0.25, 0.3) is 0 Å². The van der Waals surface area contributed by atoms with Crippen LogP contribution in [-0.4, -0.2) is 47.3 Å². The van der Waals surface area contributed by atoms with Crippen LogP contribution < -0.4 is 5.32 Å². The third-order valence-electron chi connectivity index (χ3n) is 4.17. The first-order valence-corrected chi connectivity index (χ1v) is 7.91. The van der Waals surface area contributed by atoms with Gasteiger partial charge in [-0.3, -0.25) is 9.89 Å². The minimum atomic E-state index is -0.256. The average molecular weight is 328 g/mol. The maximum absolute atomic E-state index is 12.5. The third kappa shape index (κ3) is 3.56. The number of urea groups is 1. The van der Waals surface area contributed by atoms with Crippen LogP contribution >= 0.6 is 0 Å². The van der Waals surface area contributed by atoms with Crippen LogP contribution in [0.2, 0.25) is 0 Å². The van der Waals surface area contributed by atoms with Crippen molar-refractivity contribution in [2.75, 3.05) is 25.5 Å². The van der Waals surface area contributed by atoms with Gasteiger partial charge in [-0.2, -0.15) is 5.10 Å². The predicted molar refractivity (Wildman–Crippen MR) is 89.4 cm³/mol. The molecule has 126 valence electrons. The summed E-state index contributed by atoms with van der Waals surface area (Å²) in [6.07, 6.45) is 3.23. The maximum atomic E-state index is 12.5. The lowest BCUT2D eigenvalue weighted by atomic mass is 9.98. The second-order valence-corrected chi connectivity index (χ2v) is 5.79. The summed E-state index contributed by atoms with van der Waals surface area (Å²) >= 11 is 0. The summed E-state index contributed by atoms with van der Waals surface area (Å²) in [7, 11) is 1.38. The number of hydrogen-bond acceptors (Lipinski definition) is 4. The Morgan fingerprint density at radius 3 is 3.00 bits per heavy atom. The standard InChI is InChI=1S/C17H20N4O3/c1-24-16(22)13-5-3-9-21(11-13)17(23)19-14-6-2-4-12(10-14)15-7-8-18-20-15/h2,4,6-8,10,13H,3,5,9,11H2,1H3,(H,18,20)(H,19,23). The fourth-order valence-corrected chi connectivity index (χ4v) is 2.90. The first-order valence-electron chi connectivity index (χ1n) is 7.91. The highest BCUT2D eigenvalue weighted by Crippen LogP contribution is 2.22. The molecule has 7 nitrogen and oxygen atoms in total. The SMILES string of the molecule is COC(=O)C1CCCN(C(=O)Nc2cccc(-c3ccn[nH]3)c2)C1. The molecule has 1 aliphatic heterocycles. The van der Waals surface area contributed by atoms with Crippen LogP contribution in [0.15, 0.2) is 36.5 Å². The Labute approximate surface area is 140 Å². The molecule has 1 atom stereocenters. The van der Waals surface area contributed by atoms with Gasteiger partial charge in [0.2, 0.25) is 0 Å². The molecule has 0 bridgehead atoms. The minimum absolute atomic E-state index is 0.203. The van der Waals surface area contributed by atoms with E-state index in [9.17, 15) is 9.59 Å². The van der Waals surface area contributed by atoms with E-state index in [0.29, 0.717) is 18.8 Å². The number of carbonyl (C=O) groups excluding carboxylic acids is 2. The highest BCUT2D eigenvalue weighted by Gasteiger charge is 2.29. The van der Waals surface area contributed by atoms with Crippen molar-refractivity contribution in [2.45, 2.75) is 12.8 Å². The van der Waals surface area contributed by atoms with Crippen molar-refractivity contribution in [3.8, 4) is 11.3 Å². The van der Waals surface area contributed by atoms with E-state index in [-0.39, 0.29) is 17.9 Å². The van der Waals surface area contributed by atoms with Crippen molar-refractivity contribution in [2.24, 2.45) is 5.92 Å². The van der Waals surface area contributed by atoms with Gasteiger partial charge in [0.15, 0.2) is 0 Å². The molecule has 24 heavy (non-hydrogen) atoms. The summed E-state index contributed by atoms with van der Waals surface area (Å²) in [5.74, 6) is -0.500. The number of rotatable bonds is 3. The van der Waals surface area contributed by atoms with E-state index in [0.717, 1.165) is 24.1 Å². The molecular weight excluding hydrogens is 308 g/mol. The van der Waals surface area contributed by atoms with E-state index in [1.807, 2.05) is 30.3 Å². The Morgan fingerprint density at radius 2 is 2.25 bits per heavy atom. The Balaban J connectivity index is 1.66. The third-order valence-corrected chi connectivity index (χ3v) is 4.17. The summed E-state index contributed by atoms with van der Waals surface area (Å²) in [4.78, 5) is 25.8. The second-order valence-electron chi connectivity index (χ2n) is 5.79. The van der Waals surface area contributed by atoms with E-state index in [1.165, 1.54) is 7.11 Å². The van der Waals surface area contributed by atoms with Crippen molar-refractivity contribution in [1.82, 2.24) is 15.1 Å². The molecule has 2 N–H and O–H groups in total. The van der Waals surface area contributed by atoms with Crippen LogP contribution in [0.4, 0.5) is 10.5 Å². The number of likely N-dealkylation sites (tertiary alicyclic amines) is 1. The molecule has 0 radical (unpaired) electrons. The molecule has 3 rings (SSSR count). The lowest BCUT2D eigenvalue weighted by molar-refractivity contribution is -0.146. The zero-order chi connectivity index (χ0) is 16.9. The number of esters is 1. The van der Waals surface area contributed by atoms with E-state index in [4.69, 9.17) is 4.74 Å². The highest BCUT2D eigenvalue weighted by atomic mass is 16.5. The Hall–Kier alpha value is -2.83. The molecule has 1 aromatic heterocycles. The number of aromatic amines is 1. The number of H-pyrrole nitrogens is 1. The molecule has 1 aliphatic rings. The van der Waals surface area contributed by atoms with E-state index in [1.54, 1.807) is 11.1 Å². The van der Waals surface area contributed by atoms with Crippen LogP contribution in [0.3, 0.4) is 0 Å². The maximum Gasteiger partial charge on any atom is 0.321 e. The number of hydrogen-bond donors (Lipinski definition) is 2. The number of aromatic nitrogens is 2. The van der Waals surface area contributed by atoms with Crippen molar-refractivity contribution in [1.29, 1.82) is 0 Å². The zero-order valence-corrected chi connectivity index (χ0v) is 13.5. The Morgan fingerprint density at radius 1 is 1.38 bits per heavy atom. The van der Waals surface area contributed by atoms with Crippen LogP contribution in [-0.2, 0) is 9.53 Å². The van der Waals surface area contributed by atoms with Gasteiger partial charge >= 0.3 is 12.0 Å². The van der Waals surface area contributed by atoms with Crippen molar-refractivity contribution in [3.63, 3.8) is 0 Å². The van der Waals surface area contributed by atoms with E-state index >= 15 is 0 Å². The smallest absolute Gasteiger partial charge is 0.321 e. The molecule has 1 saturated heterocycles. The van der Waals surface area contributed by atoms with Crippen LogP contribution in [0, 0.1) is 5.92 Å². The number of ether oxygens (including phenoxy) is 1. The first kappa shape index (κ1) is 16.0. The van der Waals surface area contributed by atoms with Gasteiger partial charge < -0.3 is 15.0 Å². The first-order chi connectivity index (χ1) is 11.7. The van der Waals surface area contributed by atoms with Gasteiger partial charge in [-0.1, -0.05) is 12.1 Å². The molecule has 1 unspecified atom stereocenters. The molecule has 0 saturated carbocycles. The number of anilines is 1. The summed E-state index contributed by atoms with van der Waals surface area (Å²) in [6.45, 7) is 1.03. The molecule has 2 aromatic rings. The average Bonchev–Trinajstić information content (AvgIpc) is 3.16. The molecule has 2 heterocycles. The number of benzene rings is 1. The van der Waals surface area contributed by atoms with Crippen LogP contribution in [0.25, 0.3) is 11.3 Å². The number of amides is 2. The molecule has 1 fully saturated rings. The van der Waals surface area contributed by atoms with Crippen molar-refractivity contribution < 1.29 is 14.3 Å². The Kier molecular flexibility index (Phi) is 4.79. The van der Waals surface area contributed by atoms with E-state index < -0.39 is 0 Å². The number of methoxy groups -OCH3 is 1. The van der Waals surface area contributed by atoms with Crippen LogP contribution in [0.1, 0.15) is 12.8 Å². The summed E-state index contributed by atoms with van der Waals surface area (Å²) in [5, 5.41) is 9.72. The van der Waals surface area contributed by atoms with Gasteiger partial charge in [-0.05, 0) is 31.0 Å². The van der Waals surface area contributed by atoms with Crippen molar-refractivity contribution >= 4 is 17.7 Å². The monoisotopic (exact) mass is 328 g/mol. The number of piperidine rings is 1. The zero-order valence-electron chi connectivity index (χ0n) is 13.5. The molecule has 0 aliphatic carbocycles. The highest BCUT2D eigenvalue weighted by molar-refractivity contribution is 5.90. The fourth-order valence-electron chi connectivity index (χ4n) is 2.90. The van der Waals surface area contributed by atoms with Gasteiger partial charge in [-0.25, -0.2) is 4.79 Å². The summed E-state index contributed by atoms with van der Waals surface area (Å²) in [6, 6.07) is 9.20. The number of nitrogens with zero attached hydrogens (tertiary/aromatic N) is 2. The summed E-state index contributed by atoms with van der Waals surface area (Å²) in [5.41, 5.74) is 2.53. The Bertz CT molecular complexity index is 714. The normalized spacial score (nSPS) is 17.4. The fraction of sp³-hybridized carbons (Fsp3) is 0.353. The molecular formula is C17H20N4O3. The molecule has 0 spiro atoms. The van der Waals surface area contributed by atoms with Gasteiger partial charge in [0.05, 0.1) is 18.7 Å². The van der Waals surface area contributed by atoms with Crippen LogP contribution in [0.5, 0.6) is 0 Å². The largest absolute Gasteiger partial charge is 0.469 e. The lowest BCUT2D eigenvalue weighted by Crippen LogP contribution is -2.44. The molecule has 2 amide bonds. The number of carbonyl (C=O) groups is 2. The number of nitrogens with one attached hydrogen (secondary N) is 2. The predicted octanol–water partition coefficient (Wildman–Crippen LogP) is 2.49. The van der Waals surface area contributed by atoms with Crippen molar-refractivity contribution in [3.05, 3.63) is 36.5 Å². The van der Waals surface area contributed by atoms with E-state index in [2.05, 4.69) is 15.5 Å². The topological polar surface area (TPSA) is 87.3 Å². The van der Waals surface area contributed by atoms with Gasteiger partial charge in [-0.15, -0.1) is 0 Å². The second kappa shape index (κ2) is 7.16. The molecule has 1 aromatic carbocycles. The minimum Gasteiger partial charge on any atom is -0.469 e. The molecule has 7 heteroatoms. The quantitative estimate of drug-likeness (QED) is 0.848. The van der Waals surface area contributed by atoms with Gasteiger partial charge in [0.1, 0.15) is 0 Å². The van der Waals surface area contributed by atoms with Gasteiger partial charge in [0, 0.05) is 30.5 Å². The lowest BCUT2D eigenvalue weighted by Gasteiger charge is -2.31.